The molecule has 1 saturated heterocycles. The molecule has 9 heteroatoms. The van der Waals surface area contributed by atoms with Crippen molar-refractivity contribution in [1.29, 1.82) is 0 Å². The van der Waals surface area contributed by atoms with Gasteiger partial charge in [0.25, 0.3) is 5.91 Å². The molecule has 2 aromatic heterocycles. The van der Waals surface area contributed by atoms with Crippen molar-refractivity contribution in [3.8, 4) is 6.01 Å². The number of amides is 1. The predicted octanol–water partition coefficient (Wildman–Crippen LogP) is 0.590. The zero-order valence-electron chi connectivity index (χ0n) is 13.5. The molecular formula is C15H19N7O2. The fraction of sp³-hybridized carbons (Fsp3) is 0.467. The maximum atomic E-state index is 12.0. The number of ether oxygens (including phenoxy) is 1. The van der Waals surface area contributed by atoms with Crippen LogP contribution in [0.4, 0.5) is 5.95 Å². The molecule has 3 rings (SSSR count). The van der Waals surface area contributed by atoms with Gasteiger partial charge in [-0.2, -0.15) is 15.0 Å². The van der Waals surface area contributed by atoms with Gasteiger partial charge in [-0.3, -0.25) is 9.78 Å². The average Bonchev–Trinajstić information content (AvgIpc) is 2.67. The first kappa shape index (κ1) is 16.0. The molecule has 0 radical (unpaired) electrons. The van der Waals surface area contributed by atoms with Crippen molar-refractivity contribution in [2.75, 3.05) is 25.1 Å². The molecule has 0 bridgehead atoms. The van der Waals surface area contributed by atoms with E-state index in [1.165, 1.54) is 32.1 Å². The molecule has 0 atom stereocenters. The average molecular weight is 329 g/mol. The highest BCUT2D eigenvalue weighted by molar-refractivity contribution is 5.91. The van der Waals surface area contributed by atoms with Gasteiger partial charge in [-0.1, -0.05) is 0 Å². The summed E-state index contributed by atoms with van der Waals surface area (Å²) in [6.07, 6.45) is 7.84. The lowest BCUT2D eigenvalue weighted by molar-refractivity contribution is 0.0944. The summed E-state index contributed by atoms with van der Waals surface area (Å²) in [6.45, 7) is 1.99. The standard InChI is InChI=1S/C15H19N7O2/c1-24-15-20-12(10-18-13(23)11-9-16-5-6-17-11)19-14(21-15)22-7-3-2-4-8-22/h5-6,9H,2-4,7-8,10H2,1H3,(H,18,23). The maximum absolute atomic E-state index is 12.0. The second-order valence-electron chi connectivity index (χ2n) is 5.36. The lowest BCUT2D eigenvalue weighted by Crippen LogP contribution is -2.32. The third kappa shape index (κ3) is 3.92. The summed E-state index contributed by atoms with van der Waals surface area (Å²) < 4.78 is 5.15. The molecule has 0 unspecified atom stereocenters. The van der Waals surface area contributed by atoms with E-state index >= 15 is 0 Å². The number of carbonyl (C=O) groups excluding carboxylic acids is 1. The second-order valence-corrected chi connectivity index (χ2v) is 5.36. The number of nitrogens with zero attached hydrogens (tertiary/aromatic N) is 6. The fourth-order valence-corrected chi connectivity index (χ4v) is 2.46. The van der Waals surface area contributed by atoms with Crippen molar-refractivity contribution < 1.29 is 9.53 Å². The lowest BCUT2D eigenvalue weighted by Gasteiger charge is -2.26. The van der Waals surface area contributed by atoms with Crippen LogP contribution in [0, 0.1) is 0 Å². The van der Waals surface area contributed by atoms with Gasteiger partial charge in [0.2, 0.25) is 5.95 Å². The first-order valence-corrected chi connectivity index (χ1v) is 7.84. The van der Waals surface area contributed by atoms with Crippen molar-refractivity contribution in [1.82, 2.24) is 30.2 Å². The van der Waals surface area contributed by atoms with E-state index in [9.17, 15) is 4.79 Å². The summed E-state index contributed by atoms with van der Waals surface area (Å²) in [4.78, 5) is 34.9. The van der Waals surface area contributed by atoms with E-state index < -0.39 is 0 Å². The SMILES string of the molecule is COc1nc(CNC(=O)c2cnccn2)nc(N2CCCCC2)n1. The number of carbonyl (C=O) groups is 1. The summed E-state index contributed by atoms with van der Waals surface area (Å²) in [5, 5.41) is 2.73. The Morgan fingerprint density at radius 2 is 2.04 bits per heavy atom. The Kier molecular flexibility index (Phi) is 5.09. The van der Waals surface area contributed by atoms with Crippen LogP contribution < -0.4 is 15.0 Å². The fourth-order valence-electron chi connectivity index (χ4n) is 2.46. The van der Waals surface area contributed by atoms with Crippen molar-refractivity contribution in [2.24, 2.45) is 0 Å². The topological polar surface area (TPSA) is 106 Å². The van der Waals surface area contributed by atoms with Crippen molar-refractivity contribution in [3.63, 3.8) is 0 Å². The summed E-state index contributed by atoms with van der Waals surface area (Å²) >= 11 is 0. The molecule has 1 N–H and O–H groups in total. The van der Waals surface area contributed by atoms with E-state index in [1.54, 1.807) is 0 Å². The van der Waals surface area contributed by atoms with Crippen molar-refractivity contribution >= 4 is 11.9 Å². The van der Waals surface area contributed by atoms with Gasteiger partial charge >= 0.3 is 6.01 Å². The van der Waals surface area contributed by atoms with E-state index in [0.717, 1.165) is 25.9 Å². The van der Waals surface area contributed by atoms with E-state index in [2.05, 4.69) is 35.1 Å². The van der Waals surface area contributed by atoms with Gasteiger partial charge in [0.1, 0.15) is 5.69 Å². The number of methoxy groups -OCH3 is 1. The van der Waals surface area contributed by atoms with Crippen LogP contribution in [0.15, 0.2) is 18.6 Å². The normalized spacial score (nSPS) is 14.3. The molecule has 0 saturated carbocycles. The first-order valence-electron chi connectivity index (χ1n) is 7.84. The highest BCUT2D eigenvalue weighted by Gasteiger charge is 2.17. The van der Waals surface area contributed by atoms with Crippen LogP contribution in [0.1, 0.15) is 35.6 Å². The van der Waals surface area contributed by atoms with Crippen LogP contribution in [0.3, 0.4) is 0 Å². The number of hydrogen-bond acceptors (Lipinski definition) is 8. The number of piperidine rings is 1. The van der Waals surface area contributed by atoms with E-state index in [-0.39, 0.29) is 24.2 Å². The highest BCUT2D eigenvalue weighted by atomic mass is 16.5. The van der Waals surface area contributed by atoms with Crippen LogP contribution in [-0.2, 0) is 6.54 Å². The van der Waals surface area contributed by atoms with Crippen molar-refractivity contribution in [3.05, 3.63) is 30.1 Å². The Balaban J connectivity index is 1.71. The van der Waals surface area contributed by atoms with E-state index in [4.69, 9.17) is 4.74 Å². The Labute approximate surface area is 139 Å². The van der Waals surface area contributed by atoms with E-state index in [1.807, 2.05) is 0 Å². The second kappa shape index (κ2) is 7.62. The Morgan fingerprint density at radius 3 is 2.75 bits per heavy atom. The molecule has 1 aliphatic rings. The quantitative estimate of drug-likeness (QED) is 0.849. The third-order valence-corrected chi connectivity index (χ3v) is 3.67. The molecule has 24 heavy (non-hydrogen) atoms. The zero-order valence-corrected chi connectivity index (χ0v) is 13.5. The van der Waals surface area contributed by atoms with Gasteiger partial charge in [-0.15, -0.1) is 0 Å². The van der Waals surface area contributed by atoms with Gasteiger partial charge in [0.15, 0.2) is 5.82 Å². The smallest absolute Gasteiger partial charge is 0.321 e. The minimum Gasteiger partial charge on any atom is -0.467 e. The monoisotopic (exact) mass is 329 g/mol. The molecule has 0 aromatic carbocycles. The summed E-state index contributed by atoms with van der Waals surface area (Å²) in [6, 6.07) is 0.245. The largest absolute Gasteiger partial charge is 0.467 e. The molecule has 126 valence electrons. The molecule has 3 heterocycles. The maximum Gasteiger partial charge on any atom is 0.321 e. The Hall–Kier alpha value is -2.84. The lowest BCUT2D eigenvalue weighted by atomic mass is 10.1. The molecule has 2 aromatic rings. The number of rotatable bonds is 5. The number of nitrogens with one attached hydrogen (secondary N) is 1. The van der Waals surface area contributed by atoms with Gasteiger partial charge in [-0.05, 0) is 19.3 Å². The molecular weight excluding hydrogens is 310 g/mol. The van der Waals surface area contributed by atoms with Gasteiger partial charge in [0.05, 0.1) is 19.9 Å². The van der Waals surface area contributed by atoms with Crippen LogP contribution >= 0.6 is 0 Å². The number of aromatic nitrogens is 5. The highest BCUT2D eigenvalue weighted by Crippen LogP contribution is 2.17. The van der Waals surface area contributed by atoms with Crippen molar-refractivity contribution in [2.45, 2.75) is 25.8 Å². The molecule has 9 nitrogen and oxygen atoms in total. The number of hydrogen-bond donors (Lipinski definition) is 1. The Bertz CT molecular complexity index is 689. The van der Waals surface area contributed by atoms with Crippen LogP contribution in [0.2, 0.25) is 0 Å². The van der Waals surface area contributed by atoms with Gasteiger partial charge < -0.3 is 15.0 Å². The Morgan fingerprint density at radius 1 is 1.21 bits per heavy atom. The molecule has 0 aliphatic carbocycles. The minimum atomic E-state index is -0.331. The summed E-state index contributed by atoms with van der Waals surface area (Å²) in [5.74, 6) is 0.701. The van der Waals surface area contributed by atoms with Crippen LogP contribution in [0.25, 0.3) is 0 Å². The predicted molar refractivity (Wildman–Crippen MR) is 85.6 cm³/mol. The molecule has 0 spiro atoms. The van der Waals surface area contributed by atoms with E-state index in [0.29, 0.717) is 11.8 Å². The molecule has 1 fully saturated rings. The summed E-state index contributed by atoms with van der Waals surface area (Å²) in [7, 11) is 1.51. The minimum absolute atomic E-state index is 0.162. The van der Waals surface area contributed by atoms with Crippen LogP contribution in [0.5, 0.6) is 6.01 Å². The molecule has 1 amide bonds. The molecule has 1 aliphatic heterocycles. The number of anilines is 1. The summed E-state index contributed by atoms with van der Waals surface area (Å²) in [5.41, 5.74) is 0.245. The van der Waals surface area contributed by atoms with Gasteiger partial charge in [-0.25, -0.2) is 4.98 Å². The van der Waals surface area contributed by atoms with Crippen LogP contribution in [-0.4, -0.2) is 51.0 Å². The zero-order chi connectivity index (χ0) is 16.8. The third-order valence-electron chi connectivity index (χ3n) is 3.67. The van der Waals surface area contributed by atoms with Gasteiger partial charge in [0, 0.05) is 25.5 Å². The first-order chi connectivity index (χ1) is 11.8.